The fraction of sp³-hybridized carbons (Fsp3) is 0.0714. The van der Waals surface area contributed by atoms with Crippen LogP contribution in [0.2, 0.25) is 0 Å². The summed E-state index contributed by atoms with van der Waals surface area (Å²) in [6, 6.07) is 5.67. The molecule has 0 spiro atoms. The number of rotatable bonds is 2. The van der Waals surface area contributed by atoms with Gasteiger partial charge in [-0.1, -0.05) is 11.8 Å². The molecule has 1 amide bonds. The van der Waals surface area contributed by atoms with Crippen LogP contribution in [0.25, 0.3) is 0 Å². The van der Waals surface area contributed by atoms with Crippen molar-refractivity contribution >= 4 is 11.7 Å². The summed E-state index contributed by atoms with van der Waals surface area (Å²) in [6.45, 7) is -0.238. The number of hydrogen-bond acceptors (Lipinski definition) is 4. The molecule has 0 aliphatic carbocycles. The molecule has 5 nitrogen and oxygen atoms in total. The summed E-state index contributed by atoms with van der Waals surface area (Å²) in [7, 11) is 0. The number of anilines is 1. The molecule has 6 heteroatoms. The van der Waals surface area contributed by atoms with Gasteiger partial charge in [0, 0.05) is 11.8 Å². The van der Waals surface area contributed by atoms with E-state index in [9.17, 15) is 9.18 Å². The number of aliphatic hydroxyl groups excluding tert-OH is 1. The fourth-order valence-electron chi connectivity index (χ4n) is 1.37. The predicted octanol–water partition coefficient (Wildman–Crippen LogP) is 1.21. The van der Waals surface area contributed by atoms with Crippen molar-refractivity contribution in [3.8, 4) is 11.8 Å². The third kappa shape index (κ3) is 3.60. The second-order valence-corrected chi connectivity index (χ2v) is 3.71. The van der Waals surface area contributed by atoms with Crippen molar-refractivity contribution in [2.24, 2.45) is 0 Å². The molecule has 2 rings (SSSR count). The van der Waals surface area contributed by atoms with Crippen LogP contribution in [0.15, 0.2) is 36.7 Å². The average molecular weight is 271 g/mol. The lowest BCUT2D eigenvalue weighted by Gasteiger charge is -2.03. The number of carbonyl (C=O) groups excluding carboxylic acids is 1. The zero-order valence-corrected chi connectivity index (χ0v) is 10.3. The Balaban J connectivity index is 2.07. The van der Waals surface area contributed by atoms with Crippen LogP contribution >= 0.6 is 0 Å². The van der Waals surface area contributed by atoms with E-state index >= 15 is 0 Å². The Morgan fingerprint density at radius 2 is 2.10 bits per heavy atom. The maximum atomic E-state index is 12.7. The lowest BCUT2D eigenvalue weighted by atomic mass is 10.2. The van der Waals surface area contributed by atoms with Gasteiger partial charge >= 0.3 is 0 Å². The first kappa shape index (κ1) is 13.6. The highest BCUT2D eigenvalue weighted by Crippen LogP contribution is 2.06. The van der Waals surface area contributed by atoms with Crippen molar-refractivity contribution in [2.75, 3.05) is 11.9 Å². The van der Waals surface area contributed by atoms with Gasteiger partial charge in [0.25, 0.3) is 5.91 Å². The molecule has 0 aromatic carbocycles. The summed E-state index contributed by atoms with van der Waals surface area (Å²) >= 11 is 0. The van der Waals surface area contributed by atoms with Crippen molar-refractivity contribution in [1.29, 1.82) is 0 Å². The zero-order chi connectivity index (χ0) is 14.4. The molecule has 20 heavy (non-hydrogen) atoms. The number of halogens is 1. The quantitative estimate of drug-likeness (QED) is 0.805. The first-order valence-corrected chi connectivity index (χ1v) is 5.68. The number of nitrogens with zero attached hydrogens (tertiary/aromatic N) is 2. The molecular weight excluding hydrogens is 261 g/mol. The van der Waals surface area contributed by atoms with E-state index in [1.54, 1.807) is 6.07 Å². The van der Waals surface area contributed by atoms with E-state index in [0.717, 1.165) is 6.20 Å². The molecule has 2 heterocycles. The Hall–Kier alpha value is -2.78. The number of pyridine rings is 2. The maximum Gasteiger partial charge on any atom is 0.275 e. The van der Waals surface area contributed by atoms with Gasteiger partial charge in [-0.2, -0.15) is 0 Å². The van der Waals surface area contributed by atoms with Crippen LogP contribution in [0.3, 0.4) is 0 Å². The molecule has 0 aliphatic heterocycles. The Bertz CT molecular complexity index is 658. The SMILES string of the molecule is O=C(Nc1ccc(F)cn1)c1ccc(C#CCO)cn1. The van der Waals surface area contributed by atoms with E-state index in [1.165, 1.54) is 24.4 Å². The zero-order valence-electron chi connectivity index (χ0n) is 10.3. The van der Waals surface area contributed by atoms with Gasteiger partial charge in [0.15, 0.2) is 0 Å². The number of aromatic nitrogens is 2. The summed E-state index contributed by atoms with van der Waals surface area (Å²) in [6.07, 6.45) is 2.44. The third-order valence-electron chi connectivity index (χ3n) is 2.28. The van der Waals surface area contributed by atoms with Crippen molar-refractivity contribution < 1.29 is 14.3 Å². The van der Waals surface area contributed by atoms with Crippen LogP contribution in [0, 0.1) is 17.7 Å². The fourth-order valence-corrected chi connectivity index (χ4v) is 1.37. The van der Waals surface area contributed by atoms with Crippen LogP contribution in [0.5, 0.6) is 0 Å². The highest BCUT2D eigenvalue weighted by Gasteiger charge is 2.08. The Labute approximate surface area is 114 Å². The second kappa shape index (κ2) is 6.41. The minimum atomic E-state index is -0.479. The van der Waals surface area contributed by atoms with Crippen LogP contribution in [-0.4, -0.2) is 27.6 Å². The minimum absolute atomic E-state index is 0.186. The lowest BCUT2D eigenvalue weighted by Crippen LogP contribution is -2.14. The lowest BCUT2D eigenvalue weighted by molar-refractivity contribution is 0.102. The normalized spacial score (nSPS) is 9.50. The van der Waals surface area contributed by atoms with E-state index in [2.05, 4.69) is 27.1 Å². The van der Waals surface area contributed by atoms with Gasteiger partial charge in [-0.05, 0) is 24.3 Å². The highest BCUT2D eigenvalue weighted by atomic mass is 19.1. The number of nitrogens with one attached hydrogen (secondary N) is 1. The summed E-state index contributed by atoms with van der Waals surface area (Å²) in [5.74, 6) is 4.45. The van der Waals surface area contributed by atoms with Crippen LogP contribution in [0.4, 0.5) is 10.2 Å². The van der Waals surface area contributed by atoms with Crippen molar-refractivity contribution in [3.05, 3.63) is 53.7 Å². The smallest absolute Gasteiger partial charge is 0.275 e. The van der Waals surface area contributed by atoms with E-state index in [1.807, 2.05) is 0 Å². The topological polar surface area (TPSA) is 75.1 Å². The van der Waals surface area contributed by atoms with Gasteiger partial charge < -0.3 is 10.4 Å². The van der Waals surface area contributed by atoms with Gasteiger partial charge in [0.2, 0.25) is 0 Å². The highest BCUT2D eigenvalue weighted by molar-refractivity contribution is 6.02. The number of carbonyl (C=O) groups is 1. The molecule has 0 aliphatic rings. The van der Waals surface area contributed by atoms with Crippen LogP contribution < -0.4 is 5.32 Å². The van der Waals surface area contributed by atoms with Gasteiger partial charge in [0.05, 0.1) is 6.20 Å². The number of amides is 1. The van der Waals surface area contributed by atoms with Crippen molar-refractivity contribution in [3.63, 3.8) is 0 Å². The minimum Gasteiger partial charge on any atom is -0.384 e. The molecule has 0 saturated carbocycles. The van der Waals surface area contributed by atoms with E-state index in [4.69, 9.17) is 5.11 Å². The molecule has 2 aromatic heterocycles. The number of hydrogen-bond donors (Lipinski definition) is 2. The molecule has 0 atom stereocenters. The van der Waals surface area contributed by atoms with E-state index < -0.39 is 11.7 Å². The molecule has 0 fully saturated rings. The summed E-state index contributed by atoms with van der Waals surface area (Å²) < 4.78 is 12.7. The summed E-state index contributed by atoms with van der Waals surface area (Å²) in [4.78, 5) is 19.5. The largest absolute Gasteiger partial charge is 0.384 e. The van der Waals surface area contributed by atoms with Crippen LogP contribution in [0.1, 0.15) is 16.1 Å². The molecule has 100 valence electrons. The molecular formula is C14H10FN3O2. The molecule has 0 unspecified atom stereocenters. The number of aliphatic hydroxyl groups is 1. The average Bonchev–Trinajstić information content (AvgIpc) is 2.48. The van der Waals surface area contributed by atoms with Gasteiger partial charge in [-0.15, -0.1) is 0 Å². The van der Waals surface area contributed by atoms with E-state index in [-0.39, 0.29) is 18.1 Å². The van der Waals surface area contributed by atoms with Crippen molar-refractivity contribution in [2.45, 2.75) is 0 Å². The molecule has 0 bridgehead atoms. The standard InChI is InChI=1S/C14H10FN3O2/c15-11-4-6-13(17-9-11)18-14(20)12-5-3-10(8-16-12)2-1-7-19/h3-6,8-9,19H,7H2,(H,17,18,20). The maximum absolute atomic E-state index is 12.7. The second-order valence-electron chi connectivity index (χ2n) is 3.71. The monoisotopic (exact) mass is 271 g/mol. The van der Waals surface area contributed by atoms with Gasteiger partial charge in [-0.25, -0.2) is 14.4 Å². The molecule has 2 N–H and O–H groups in total. The summed E-state index contributed by atoms with van der Waals surface area (Å²) in [5.41, 5.74) is 0.779. The summed E-state index contributed by atoms with van der Waals surface area (Å²) in [5, 5.41) is 11.1. The molecule has 0 saturated heterocycles. The van der Waals surface area contributed by atoms with E-state index in [0.29, 0.717) is 5.56 Å². The predicted molar refractivity (Wildman–Crippen MR) is 70.3 cm³/mol. The van der Waals surface area contributed by atoms with Crippen molar-refractivity contribution in [1.82, 2.24) is 9.97 Å². The Kier molecular flexibility index (Phi) is 4.37. The molecule has 2 aromatic rings. The molecule has 0 radical (unpaired) electrons. The van der Waals surface area contributed by atoms with Crippen LogP contribution in [-0.2, 0) is 0 Å². The van der Waals surface area contributed by atoms with Gasteiger partial charge in [-0.3, -0.25) is 4.79 Å². The Morgan fingerprint density at radius 3 is 2.70 bits per heavy atom. The van der Waals surface area contributed by atoms with Gasteiger partial charge in [0.1, 0.15) is 23.9 Å². The Morgan fingerprint density at radius 1 is 1.25 bits per heavy atom. The first-order valence-electron chi connectivity index (χ1n) is 5.68. The third-order valence-corrected chi connectivity index (χ3v) is 2.28. The first-order chi connectivity index (χ1) is 9.69.